The molecule has 1 N–H and O–H groups in total. The quantitative estimate of drug-likeness (QED) is 0.793. The first-order chi connectivity index (χ1) is 7.70. The number of ether oxygens (including phenoxy) is 1. The van der Waals surface area contributed by atoms with Crippen molar-refractivity contribution >= 4 is 12.0 Å². The molecule has 0 fully saturated rings. The standard InChI is InChI=1S/C13H14O3/c1-2-10(13(14)15)7-9-3-4-12-11(8-9)5-6-16-12/h3-4,7-8H,2,5-6H2,1H3,(H,14,15). The van der Waals surface area contributed by atoms with Crippen molar-refractivity contribution in [2.75, 3.05) is 6.61 Å². The third-order valence-electron chi connectivity index (χ3n) is 2.71. The van der Waals surface area contributed by atoms with Gasteiger partial charge >= 0.3 is 5.97 Å². The molecule has 1 aromatic carbocycles. The van der Waals surface area contributed by atoms with Crippen molar-refractivity contribution in [2.45, 2.75) is 19.8 Å². The van der Waals surface area contributed by atoms with Gasteiger partial charge in [-0.15, -0.1) is 0 Å². The van der Waals surface area contributed by atoms with E-state index in [0.717, 1.165) is 29.9 Å². The Hall–Kier alpha value is -1.77. The van der Waals surface area contributed by atoms with E-state index in [0.29, 0.717) is 12.0 Å². The lowest BCUT2D eigenvalue weighted by molar-refractivity contribution is -0.132. The van der Waals surface area contributed by atoms with Crippen LogP contribution in [0.2, 0.25) is 0 Å². The van der Waals surface area contributed by atoms with Gasteiger partial charge in [0.2, 0.25) is 0 Å². The van der Waals surface area contributed by atoms with Gasteiger partial charge in [0.1, 0.15) is 5.75 Å². The molecule has 0 atom stereocenters. The molecule has 0 radical (unpaired) electrons. The molecule has 0 amide bonds. The van der Waals surface area contributed by atoms with Crippen LogP contribution < -0.4 is 4.74 Å². The second kappa shape index (κ2) is 4.39. The fraction of sp³-hybridized carbons (Fsp3) is 0.308. The third kappa shape index (κ3) is 2.08. The minimum Gasteiger partial charge on any atom is -0.493 e. The zero-order valence-electron chi connectivity index (χ0n) is 9.19. The van der Waals surface area contributed by atoms with Gasteiger partial charge < -0.3 is 9.84 Å². The maximum absolute atomic E-state index is 10.9. The lowest BCUT2D eigenvalue weighted by Gasteiger charge is -2.01. The molecule has 0 unspecified atom stereocenters. The summed E-state index contributed by atoms with van der Waals surface area (Å²) in [6, 6.07) is 5.80. The topological polar surface area (TPSA) is 46.5 Å². The van der Waals surface area contributed by atoms with E-state index in [9.17, 15) is 4.79 Å². The molecule has 1 heterocycles. The summed E-state index contributed by atoms with van der Waals surface area (Å²) in [5.41, 5.74) is 2.52. The van der Waals surface area contributed by atoms with E-state index < -0.39 is 5.97 Å². The SMILES string of the molecule is CCC(=Cc1ccc2c(c1)CCO2)C(=O)O. The summed E-state index contributed by atoms with van der Waals surface area (Å²) in [7, 11) is 0. The highest BCUT2D eigenvalue weighted by Gasteiger charge is 2.12. The molecule has 1 aromatic rings. The van der Waals surface area contributed by atoms with Crippen LogP contribution in [0.4, 0.5) is 0 Å². The Kier molecular flexibility index (Phi) is 2.95. The zero-order chi connectivity index (χ0) is 11.5. The van der Waals surface area contributed by atoms with Crippen LogP contribution in [0.3, 0.4) is 0 Å². The van der Waals surface area contributed by atoms with E-state index in [4.69, 9.17) is 9.84 Å². The highest BCUT2D eigenvalue weighted by Crippen LogP contribution is 2.26. The molecule has 2 rings (SSSR count). The van der Waals surface area contributed by atoms with Gasteiger partial charge in [0, 0.05) is 12.0 Å². The summed E-state index contributed by atoms with van der Waals surface area (Å²) in [5.74, 6) is 0.0739. The van der Waals surface area contributed by atoms with Crippen LogP contribution in [0.1, 0.15) is 24.5 Å². The molecule has 0 aromatic heterocycles. The van der Waals surface area contributed by atoms with Gasteiger partial charge in [0.15, 0.2) is 0 Å². The molecule has 0 saturated carbocycles. The van der Waals surface area contributed by atoms with Gasteiger partial charge in [-0.05, 0) is 35.8 Å². The Labute approximate surface area is 94.4 Å². The van der Waals surface area contributed by atoms with Gasteiger partial charge in [-0.1, -0.05) is 13.0 Å². The van der Waals surface area contributed by atoms with Crippen LogP contribution in [0.5, 0.6) is 5.75 Å². The summed E-state index contributed by atoms with van der Waals surface area (Å²) < 4.78 is 5.40. The Balaban J connectivity index is 2.31. The fourth-order valence-corrected chi connectivity index (χ4v) is 1.81. The first-order valence-corrected chi connectivity index (χ1v) is 5.40. The number of rotatable bonds is 3. The van der Waals surface area contributed by atoms with Crippen molar-refractivity contribution in [1.29, 1.82) is 0 Å². The fourth-order valence-electron chi connectivity index (χ4n) is 1.81. The van der Waals surface area contributed by atoms with E-state index in [1.807, 2.05) is 25.1 Å². The molecule has 1 aliphatic rings. The van der Waals surface area contributed by atoms with Crippen LogP contribution in [-0.4, -0.2) is 17.7 Å². The number of benzene rings is 1. The summed E-state index contributed by atoms with van der Waals surface area (Å²) in [4.78, 5) is 10.9. The minimum atomic E-state index is -0.848. The number of fused-ring (bicyclic) bond motifs is 1. The predicted octanol–water partition coefficient (Wildman–Crippen LogP) is 2.50. The summed E-state index contributed by atoms with van der Waals surface area (Å²) in [5, 5.41) is 8.94. The van der Waals surface area contributed by atoms with Crippen molar-refractivity contribution in [1.82, 2.24) is 0 Å². The molecule has 84 valence electrons. The summed E-state index contributed by atoms with van der Waals surface area (Å²) in [6.45, 7) is 2.57. The van der Waals surface area contributed by atoms with E-state index in [2.05, 4.69) is 0 Å². The molecule has 0 bridgehead atoms. The smallest absolute Gasteiger partial charge is 0.331 e. The van der Waals surface area contributed by atoms with E-state index in [1.54, 1.807) is 6.08 Å². The van der Waals surface area contributed by atoms with Crippen molar-refractivity contribution in [3.63, 3.8) is 0 Å². The number of carboxylic acid groups (broad SMARTS) is 1. The number of carboxylic acids is 1. The van der Waals surface area contributed by atoms with Crippen LogP contribution in [0.15, 0.2) is 23.8 Å². The summed E-state index contributed by atoms with van der Waals surface area (Å²) >= 11 is 0. The van der Waals surface area contributed by atoms with Crippen molar-refractivity contribution in [3.05, 3.63) is 34.9 Å². The Morgan fingerprint density at radius 2 is 2.38 bits per heavy atom. The summed E-state index contributed by atoms with van der Waals surface area (Å²) in [6.07, 6.45) is 3.16. The average molecular weight is 218 g/mol. The number of carbonyl (C=O) groups is 1. The molecule has 0 aliphatic carbocycles. The Morgan fingerprint density at radius 3 is 3.06 bits per heavy atom. The highest BCUT2D eigenvalue weighted by atomic mass is 16.5. The lowest BCUT2D eigenvalue weighted by atomic mass is 10.1. The normalized spacial score (nSPS) is 14.4. The molecule has 16 heavy (non-hydrogen) atoms. The van der Waals surface area contributed by atoms with Crippen molar-refractivity contribution in [2.24, 2.45) is 0 Å². The molecule has 1 aliphatic heterocycles. The maximum atomic E-state index is 10.9. The predicted molar refractivity (Wildman–Crippen MR) is 61.5 cm³/mol. The van der Waals surface area contributed by atoms with Gasteiger partial charge in [0.25, 0.3) is 0 Å². The largest absolute Gasteiger partial charge is 0.493 e. The van der Waals surface area contributed by atoms with Gasteiger partial charge in [-0.3, -0.25) is 0 Å². The molecular formula is C13H14O3. The van der Waals surface area contributed by atoms with Crippen LogP contribution >= 0.6 is 0 Å². The molecule has 3 heteroatoms. The zero-order valence-corrected chi connectivity index (χ0v) is 9.19. The second-order valence-electron chi connectivity index (χ2n) is 3.79. The first kappa shape index (κ1) is 10.7. The molecule has 0 spiro atoms. The van der Waals surface area contributed by atoms with Crippen molar-refractivity contribution < 1.29 is 14.6 Å². The van der Waals surface area contributed by atoms with Crippen LogP contribution in [0.25, 0.3) is 6.08 Å². The monoisotopic (exact) mass is 218 g/mol. The molecular weight excluding hydrogens is 204 g/mol. The van der Waals surface area contributed by atoms with E-state index in [1.165, 1.54) is 0 Å². The van der Waals surface area contributed by atoms with Crippen LogP contribution in [0, 0.1) is 0 Å². The average Bonchev–Trinajstić information content (AvgIpc) is 2.72. The Morgan fingerprint density at radius 1 is 1.56 bits per heavy atom. The third-order valence-corrected chi connectivity index (χ3v) is 2.71. The first-order valence-electron chi connectivity index (χ1n) is 5.40. The number of hydrogen-bond acceptors (Lipinski definition) is 2. The maximum Gasteiger partial charge on any atom is 0.331 e. The molecule has 3 nitrogen and oxygen atoms in total. The Bertz CT molecular complexity index is 446. The lowest BCUT2D eigenvalue weighted by Crippen LogP contribution is -1.98. The van der Waals surface area contributed by atoms with Gasteiger partial charge in [-0.2, -0.15) is 0 Å². The number of aliphatic carboxylic acids is 1. The van der Waals surface area contributed by atoms with E-state index in [-0.39, 0.29) is 0 Å². The second-order valence-corrected chi connectivity index (χ2v) is 3.79. The van der Waals surface area contributed by atoms with Gasteiger partial charge in [0.05, 0.1) is 6.61 Å². The van der Waals surface area contributed by atoms with Crippen molar-refractivity contribution in [3.8, 4) is 5.75 Å². The molecule has 0 saturated heterocycles. The number of hydrogen-bond donors (Lipinski definition) is 1. The minimum absolute atomic E-state index is 0.430. The van der Waals surface area contributed by atoms with E-state index >= 15 is 0 Å². The van der Waals surface area contributed by atoms with Gasteiger partial charge in [-0.25, -0.2) is 4.79 Å². The van der Waals surface area contributed by atoms with Crippen LogP contribution in [-0.2, 0) is 11.2 Å². The highest BCUT2D eigenvalue weighted by molar-refractivity contribution is 5.92.